The summed E-state index contributed by atoms with van der Waals surface area (Å²) in [6.45, 7) is 1.06. The average Bonchev–Trinajstić information content (AvgIpc) is 3.18. The summed E-state index contributed by atoms with van der Waals surface area (Å²) in [6, 6.07) is 13.6. The number of imidazole rings is 1. The van der Waals surface area contributed by atoms with Crippen molar-refractivity contribution in [3.8, 4) is 11.5 Å². The molecule has 2 aromatic carbocycles. The lowest BCUT2D eigenvalue weighted by Gasteiger charge is -2.60. The monoisotopic (exact) mass is 389 g/mol. The Labute approximate surface area is 168 Å². The lowest BCUT2D eigenvalue weighted by Crippen LogP contribution is -2.66. The molecule has 1 amide bonds. The van der Waals surface area contributed by atoms with Crippen molar-refractivity contribution >= 4 is 16.9 Å². The number of amides is 1. The van der Waals surface area contributed by atoms with Gasteiger partial charge in [0, 0.05) is 16.5 Å². The third kappa shape index (κ3) is 2.62. The van der Waals surface area contributed by atoms with Crippen molar-refractivity contribution in [2.24, 2.45) is 0 Å². The van der Waals surface area contributed by atoms with Gasteiger partial charge in [0.05, 0.1) is 11.0 Å². The number of carbonyl (C=O) groups excluding carboxylic acids is 1. The number of hydrogen-bond acceptors (Lipinski definition) is 4. The fraction of sp³-hybridized carbons (Fsp3) is 0.391. The van der Waals surface area contributed by atoms with E-state index in [1.54, 1.807) is 6.07 Å². The predicted octanol–water partition coefficient (Wildman–Crippen LogP) is 3.72. The number of nitrogens with zero attached hydrogens (tertiary/aromatic N) is 1. The second-order valence-corrected chi connectivity index (χ2v) is 8.68. The zero-order chi connectivity index (χ0) is 19.5. The summed E-state index contributed by atoms with van der Waals surface area (Å²) in [6.07, 6.45) is 5.12. The molecule has 7 rings (SSSR count). The van der Waals surface area contributed by atoms with Crippen molar-refractivity contribution in [1.29, 1.82) is 0 Å². The van der Waals surface area contributed by atoms with Gasteiger partial charge in [-0.3, -0.25) is 4.79 Å². The molecular formula is C23H23N3O3. The number of rotatable bonds is 3. The van der Waals surface area contributed by atoms with Gasteiger partial charge in [0.2, 0.25) is 0 Å². The van der Waals surface area contributed by atoms with Crippen LogP contribution in [0.5, 0.6) is 11.5 Å². The molecule has 1 aromatic heterocycles. The predicted molar refractivity (Wildman–Crippen MR) is 108 cm³/mol. The highest BCUT2D eigenvalue weighted by molar-refractivity contribution is 5.95. The van der Waals surface area contributed by atoms with Crippen LogP contribution in [0.3, 0.4) is 0 Å². The Kier molecular flexibility index (Phi) is 3.49. The number of para-hydroxylation sites is 2. The maximum atomic E-state index is 13.0. The van der Waals surface area contributed by atoms with Gasteiger partial charge in [0.1, 0.15) is 19.0 Å². The van der Waals surface area contributed by atoms with Crippen LogP contribution in [0.1, 0.15) is 48.3 Å². The molecule has 0 unspecified atom stereocenters. The Morgan fingerprint density at radius 1 is 1.03 bits per heavy atom. The van der Waals surface area contributed by atoms with E-state index in [0.717, 1.165) is 49.0 Å². The molecule has 148 valence electrons. The minimum absolute atomic E-state index is 0.0397. The van der Waals surface area contributed by atoms with Crippen LogP contribution in [-0.4, -0.2) is 34.6 Å². The largest absolute Gasteiger partial charge is 0.486 e. The zero-order valence-electron chi connectivity index (χ0n) is 16.2. The summed E-state index contributed by atoms with van der Waals surface area (Å²) >= 11 is 0. The molecule has 3 saturated carbocycles. The van der Waals surface area contributed by atoms with Gasteiger partial charge in [-0.05, 0) is 56.0 Å². The molecule has 6 heteroatoms. The first-order valence-corrected chi connectivity index (χ1v) is 10.3. The van der Waals surface area contributed by atoms with Gasteiger partial charge in [0.15, 0.2) is 11.5 Å². The van der Waals surface area contributed by atoms with Crippen LogP contribution in [0.15, 0.2) is 42.5 Å². The zero-order valence-corrected chi connectivity index (χ0v) is 16.2. The van der Waals surface area contributed by atoms with E-state index in [9.17, 15) is 4.79 Å². The fourth-order valence-corrected chi connectivity index (χ4v) is 5.50. The first-order valence-electron chi connectivity index (χ1n) is 10.3. The SMILES string of the molecule is O=C(NC12CCCC(c3nc4ccccc4[nH]3)(C1)C2)c1ccc2c(c1)OCCO2. The highest BCUT2D eigenvalue weighted by Gasteiger charge is 2.60. The minimum atomic E-state index is -0.137. The van der Waals surface area contributed by atoms with E-state index >= 15 is 0 Å². The summed E-state index contributed by atoms with van der Waals surface area (Å²) in [7, 11) is 0. The molecule has 3 fully saturated rings. The number of aromatic amines is 1. The molecule has 2 N–H and O–H groups in total. The molecule has 6 nitrogen and oxygen atoms in total. The summed E-state index contributed by atoms with van der Waals surface area (Å²) in [5, 5.41) is 3.34. The fourth-order valence-electron chi connectivity index (χ4n) is 5.50. The van der Waals surface area contributed by atoms with E-state index in [2.05, 4.69) is 16.4 Å². The third-order valence-corrected chi connectivity index (χ3v) is 6.74. The Morgan fingerprint density at radius 3 is 2.72 bits per heavy atom. The Hall–Kier alpha value is -3.02. The van der Waals surface area contributed by atoms with Crippen LogP contribution in [0.4, 0.5) is 0 Å². The van der Waals surface area contributed by atoms with E-state index < -0.39 is 0 Å². The molecule has 2 heterocycles. The quantitative estimate of drug-likeness (QED) is 0.716. The van der Waals surface area contributed by atoms with Crippen LogP contribution >= 0.6 is 0 Å². The highest BCUT2D eigenvalue weighted by Crippen LogP contribution is 2.58. The van der Waals surface area contributed by atoms with Gasteiger partial charge in [-0.2, -0.15) is 0 Å². The molecule has 1 aliphatic heterocycles. The molecule has 0 saturated heterocycles. The molecule has 2 bridgehead atoms. The van der Waals surface area contributed by atoms with Gasteiger partial charge < -0.3 is 19.8 Å². The van der Waals surface area contributed by atoms with Crippen LogP contribution in [-0.2, 0) is 5.41 Å². The van der Waals surface area contributed by atoms with Gasteiger partial charge in [-0.1, -0.05) is 18.6 Å². The molecule has 0 atom stereocenters. The molecule has 0 spiro atoms. The van der Waals surface area contributed by atoms with Crippen molar-refractivity contribution in [3.63, 3.8) is 0 Å². The van der Waals surface area contributed by atoms with Crippen LogP contribution in [0.2, 0.25) is 0 Å². The number of ether oxygens (including phenoxy) is 2. The lowest BCUT2D eigenvalue weighted by molar-refractivity contribution is 0.00532. The molecular weight excluding hydrogens is 366 g/mol. The highest BCUT2D eigenvalue weighted by atomic mass is 16.6. The average molecular weight is 389 g/mol. The van der Waals surface area contributed by atoms with Crippen molar-refractivity contribution < 1.29 is 14.3 Å². The number of fused-ring (bicyclic) bond motifs is 4. The topological polar surface area (TPSA) is 76.2 Å². The number of hydrogen-bond donors (Lipinski definition) is 2. The van der Waals surface area contributed by atoms with Gasteiger partial charge >= 0.3 is 0 Å². The lowest BCUT2D eigenvalue weighted by atomic mass is 9.49. The maximum absolute atomic E-state index is 13.0. The van der Waals surface area contributed by atoms with Gasteiger partial charge in [-0.25, -0.2) is 4.98 Å². The van der Waals surface area contributed by atoms with Crippen molar-refractivity contribution in [2.75, 3.05) is 13.2 Å². The standard InChI is InChI=1S/C23H23N3O3/c27-20(15-6-7-18-19(12-15)29-11-10-28-18)26-23-9-3-8-22(13-23,14-23)21-24-16-4-1-2-5-17(16)25-21/h1-2,4-7,12H,3,8-11,13-14H2,(H,24,25)(H,26,27). The summed E-state index contributed by atoms with van der Waals surface area (Å²) in [5.41, 5.74) is 2.63. The van der Waals surface area contributed by atoms with E-state index in [1.165, 1.54) is 0 Å². The number of H-pyrrole nitrogens is 1. The Bertz CT molecular complexity index is 1080. The van der Waals surface area contributed by atoms with Crippen molar-refractivity contribution in [1.82, 2.24) is 15.3 Å². The third-order valence-electron chi connectivity index (χ3n) is 6.74. The molecule has 3 aromatic rings. The molecule has 4 aliphatic rings. The van der Waals surface area contributed by atoms with Gasteiger partial charge in [0.25, 0.3) is 5.91 Å². The number of nitrogens with one attached hydrogen (secondary N) is 2. The molecule has 0 radical (unpaired) electrons. The minimum Gasteiger partial charge on any atom is -0.486 e. The van der Waals surface area contributed by atoms with Gasteiger partial charge in [-0.15, -0.1) is 0 Å². The molecule has 29 heavy (non-hydrogen) atoms. The summed E-state index contributed by atoms with van der Waals surface area (Å²) in [4.78, 5) is 21.4. The second-order valence-electron chi connectivity index (χ2n) is 8.68. The summed E-state index contributed by atoms with van der Waals surface area (Å²) in [5.74, 6) is 2.39. The summed E-state index contributed by atoms with van der Waals surface area (Å²) < 4.78 is 11.2. The number of carbonyl (C=O) groups is 1. The normalized spacial score (nSPS) is 27.3. The van der Waals surface area contributed by atoms with E-state index in [0.29, 0.717) is 30.3 Å². The Morgan fingerprint density at radius 2 is 1.86 bits per heavy atom. The van der Waals surface area contributed by atoms with Crippen molar-refractivity contribution in [2.45, 2.75) is 43.1 Å². The first kappa shape index (κ1) is 16.9. The van der Waals surface area contributed by atoms with E-state index in [4.69, 9.17) is 14.5 Å². The van der Waals surface area contributed by atoms with Crippen LogP contribution in [0.25, 0.3) is 11.0 Å². The smallest absolute Gasteiger partial charge is 0.251 e. The molecule has 3 aliphatic carbocycles. The number of aromatic nitrogens is 2. The van der Waals surface area contributed by atoms with Crippen molar-refractivity contribution in [3.05, 3.63) is 53.9 Å². The number of benzene rings is 2. The van der Waals surface area contributed by atoms with Crippen LogP contribution in [0, 0.1) is 0 Å². The Balaban J connectivity index is 1.22. The van der Waals surface area contributed by atoms with E-state index in [1.807, 2.05) is 30.3 Å². The maximum Gasteiger partial charge on any atom is 0.251 e. The van der Waals surface area contributed by atoms with E-state index in [-0.39, 0.29) is 16.9 Å². The van der Waals surface area contributed by atoms with Crippen LogP contribution < -0.4 is 14.8 Å². The first-order chi connectivity index (χ1) is 14.1. The second kappa shape index (κ2) is 5.99.